The molecule has 0 aliphatic carbocycles. The molecule has 0 aliphatic heterocycles. The molecule has 0 aliphatic rings. The second-order valence-corrected chi connectivity index (χ2v) is 4.76. The first-order chi connectivity index (χ1) is 5.87. The van der Waals surface area contributed by atoms with E-state index in [0.29, 0.717) is 4.77 Å². The van der Waals surface area contributed by atoms with E-state index in [2.05, 4.69) is 30.7 Å². The average Bonchev–Trinajstić information content (AvgIpc) is 1.78. The summed E-state index contributed by atoms with van der Waals surface area (Å²) in [7, 11) is 0. The van der Waals surface area contributed by atoms with Crippen LogP contribution in [-0.4, -0.2) is 9.97 Å². The summed E-state index contributed by atoms with van der Waals surface area (Å²) in [5, 5.41) is 0. The Bertz CT molecular complexity index is 369. The highest BCUT2D eigenvalue weighted by Gasteiger charge is 2.11. The second-order valence-electron chi connectivity index (χ2n) is 4.35. The van der Waals surface area contributed by atoms with Gasteiger partial charge in [0.1, 0.15) is 0 Å². The molecule has 1 aromatic heterocycles. The van der Waals surface area contributed by atoms with Crippen molar-refractivity contribution in [2.75, 3.05) is 0 Å². The van der Waals surface area contributed by atoms with Crippen LogP contribution in [0.3, 0.4) is 0 Å². The number of hydrogen-bond donors (Lipinski definition) is 2. The second kappa shape index (κ2) is 3.46. The van der Waals surface area contributed by atoms with Crippen LogP contribution in [0.5, 0.6) is 0 Å². The molecule has 0 spiro atoms. The van der Waals surface area contributed by atoms with Crippen molar-refractivity contribution in [2.24, 2.45) is 5.41 Å². The lowest BCUT2D eigenvalue weighted by Gasteiger charge is -2.17. The molecule has 0 fully saturated rings. The molecule has 72 valence electrons. The molecule has 0 radical (unpaired) electrons. The Morgan fingerprint density at radius 3 is 2.46 bits per heavy atom. The number of aromatic amines is 2. The summed E-state index contributed by atoms with van der Waals surface area (Å²) in [5.74, 6) is 0. The summed E-state index contributed by atoms with van der Waals surface area (Å²) >= 11 is 4.87. The van der Waals surface area contributed by atoms with E-state index in [4.69, 9.17) is 12.2 Å². The molecule has 1 aromatic rings. The Kier molecular flexibility index (Phi) is 2.71. The summed E-state index contributed by atoms with van der Waals surface area (Å²) in [6, 6.07) is 1.56. The minimum atomic E-state index is -0.136. The smallest absolute Gasteiger partial charge is 0.251 e. The van der Waals surface area contributed by atoms with E-state index in [1.807, 2.05) is 0 Å². The lowest BCUT2D eigenvalue weighted by Crippen LogP contribution is -2.15. The van der Waals surface area contributed by atoms with Gasteiger partial charge in [0.25, 0.3) is 5.56 Å². The molecule has 3 nitrogen and oxygen atoms in total. The molecule has 0 unspecified atom stereocenters. The largest absolute Gasteiger partial charge is 0.336 e. The number of hydrogen-bond acceptors (Lipinski definition) is 2. The molecule has 0 amide bonds. The third-order valence-electron chi connectivity index (χ3n) is 1.54. The van der Waals surface area contributed by atoms with Crippen LogP contribution in [0, 0.1) is 10.2 Å². The fourth-order valence-corrected chi connectivity index (χ4v) is 1.42. The van der Waals surface area contributed by atoms with E-state index < -0.39 is 0 Å². The third kappa shape index (κ3) is 3.55. The fraction of sp³-hybridized carbons (Fsp3) is 0.556. The van der Waals surface area contributed by atoms with Crippen molar-refractivity contribution >= 4 is 12.2 Å². The lowest BCUT2D eigenvalue weighted by molar-refractivity contribution is 0.405. The van der Waals surface area contributed by atoms with Crippen LogP contribution in [0.25, 0.3) is 0 Å². The summed E-state index contributed by atoms with van der Waals surface area (Å²) in [6.07, 6.45) is 0.820. The van der Waals surface area contributed by atoms with Crippen LogP contribution in [0.1, 0.15) is 26.5 Å². The van der Waals surface area contributed by atoms with E-state index in [1.165, 1.54) is 0 Å². The first-order valence-corrected chi connectivity index (χ1v) is 4.60. The zero-order valence-electron chi connectivity index (χ0n) is 8.10. The van der Waals surface area contributed by atoms with Crippen molar-refractivity contribution in [2.45, 2.75) is 27.2 Å². The molecular weight excluding hydrogens is 184 g/mol. The molecule has 0 atom stereocenters. The lowest BCUT2D eigenvalue weighted by atomic mass is 9.90. The normalized spacial score (nSPS) is 11.6. The monoisotopic (exact) mass is 198 g/mol. The molecule has 1 heterocycles. The van der Waals surface area contributed by atoms with Crippen molar-refractivity contribution in [3.8, 4) is 0 Å². The SMILES string of the molecule is CC(C)(C)Cc1cc(=O)[nH]c(=S)[nH]1. The van der Waals surface area contributed by atoms with Gasteiger partial charge in [-0.15, -0.1) is 0 Å². The number of rotatable bonds is 1. The van der Waals surface area contributed by atoms with Gasteiger partial charge in [-0.3, -0.25) is 9.78 Å². The first-order valence-electron chi connectivity index (χ1n) is 4.19. The maximum atomic E-state index is 11.1. The van der Waals surface area contributed by atoms with Crippen molar-refractivity contribution in [1.82, 2.24) is 9.97 Å². The zero-order chi connectivity index (χ0) is 10.1. The van der Waals surface area contributed by atoms with E-state index in [9.17, 15) is 4.79 Å². The predicted octanol–water partition coefficient (Wildman–Crippen LogP) is 2.02. The van der Waals surface area contributed by atoms with E-state index >= 15 is 0 Å². The standard InChI is InChI=1S/C9H14N2OS/c1-9(2,3)5-6-4-7(12)11-8(13)10-6/h4H,5H2,1-3H3,(H2,10,11,12,13). The Balaban J connectivity index is 3.03. The topological polar surface area (TPSA) is 48.6 Å². The van der Waals surface area contributed by atoms with Gasteiger partial charge in [-0.1, -0.05) is 20.8 Å². The van der Waals surface area contributed by atoms with Crippen molar-refractivity contribution in [3.63, 3.8) is 0 Å². The molecule has 13 heavy (non-hydrogen) atoms. The Hall–Kier alpha value is -0.900. The predicted molar refractivity (Wildman–Crippen MR) is 55.4 cm³/mol. The van der Waals surface area contributed by atoms with Crippen LogP contribution >= 0.6 is 12.2 Å². The van der Waals surface area contributed by atoms with Crippen LogP contribution in [0.2, 0.25) is 0 Å². The number of aromatic nitrogens is 2. The quantitative estimate of drug-likeness (QED) is 0.678. The van der Waals surface area contributed by atoms with Gasteiger partial charge in [0.05, 0.1) is 0 Å². The van der Waals surface area contributed by atoms with Gasteiger partial charge < -0.3 is 4.98 Å². The molecule has 0 aromatic carbocycles. The summed E-state index contributed by atoms with van der Waals surface area (Å²) in [4.78, 5) is 16.5. The van der Waals surface area contributed by atoms with Gasteiger partial charge in [0, 0.05) is 11.8 Å². The van der Waals surface area contributed by atoms with Crippen molar-refractivity contribution < 1.29 is 0 Å². The van der Waals surface area contributed by atoms with Crippen LogP contribution in [0.15, 0.2) is 10.9 Å². The minimum absolute atomic E-state index is 0.136. The molecule has 0 bridgehead atoms. The summed E-state index contributed by atoms with van der Waals surface area (Å²) in [5.41, 5.74) is 0.913. The Labute approximate surface area is 82.2 Å². The number of H-pyrrole nitrogens is 2. The highest BCUT2D eigenvalue weighted by Crippen LogP contribution is 2.17. The van der Waals surface area contributed by atoms with Gasteiger partial charge in [-0.2, -0.15) is 0 Å². The highest BCUT2D eigenvalue weighted by atomic mass is 32.1. The van der Waals surface area contributed by atoms with Gasteiger partial charge in [-0.05, 0) is 24.1 Å². The first kappa shape index (κ1) is 10.2. The average molecular weight is 198 g/mol. The van der Waals surface area contributed by atoms with Crippen molar-refractivity contribution in [1.29, 1.82) is 0 Å². The van der Waals surface area contributed by atoms with E-state index in [1.54, 1.807) is 6.07 Å². The molecule has 0 saturated heterocycles. The Morgan fingerprint density at radius 2 is 2.00 bits per heavy atom. The Morgan fingerprint density at radius 1 is 1.38 bits per heavy atom. The third-order valence-corrected chi connectivity index (χ3v) is 1.74. The summed E-state index contributed by atoms with van der Waals surface area (Å²) < 4.78 is 0.395. The van der Waals surface area contributed by atoms with Crippen LogP contribution in [0.4, 0.5) is 0 Å². The van der Waals surface area contributed by atoms with Gasteiger partial charge in [0.15, 0.2) is 4.77 Å². The summed E-state index contributed by atoms with van der Waals surface area (Å²) in [6.45, 7) is 6.35. The fourth-order valence-electron chi connectivity index (χ4n) is 1.19. The van der Waals surface area contributed by atoms with E-state index in [0.717, 1.165) is 12.1 Å². The number of nitrogens with one attached hydrogen (secondary N) is 2. The molecular formula is C9H14N2OS. The molecule has 4 heteroatoms. The zero-order valence-corrected chi connectivity index (χ0v) is 8.92. The maximum Gasteiger partial charge on any atom is 0.251 e. The molecule has 2 N–H and O–H groups in total. The van der Waals surface area contributed by atoms with Crippen LogP contribution in [-0.2, 0) is 6.42 Å². The van der Waals surface area contributed by atoms with Gasteiger partial charge in [0.2, 0.25) is 0 Å². The molecule has 0 saturated carbocycles. The van der Waals surface area contributed by atoms with E-state index in [-0.39, 0.29) is 11.0 Å². The van der Waals surface area contributed by atoms with Crippen molar-refractivity contribution in [3.05, 3.63) is 26.9 Å². The maximum absolute atomic E-state index is 11.1. The minimum Gasteiger partial charge on any atom is -0.336 e. The highest BCUT2D eigenvalue weighted by molar-refractivity contribution is 7.71. The van der Waals surface area contributed by atoms with Gasteiger partial charge in [-0.25, -0.2) is 0 Å². The molecule has 1 rings (SSSR count). The van der Waals surface area contributed by atoms with Crippen LogP contribution < -0.4 is 5.56 Å². The van der Waals surface area contributed by atoms with Gasteiger partial charge >= 0.3 is 0 Å².